The Morgan fingerprint density at radius 2 is 1.89 bits per heavy atom. The van der Waals surface area contributed by atoms with Gasteiger partial charge in [0.2, 0.25) is 0 Å². The lowest BCUT2D eigenvalue weighted by Crippen LogP contribution is -1.95. The van der Waals surface area contributed by atoms with E-state index < -0.39 is 5.82 Å². The number of nitriles is 1. The first-order chi connectivity index (χ1) is 8.60. The van der Waals surface area contributed by atoms with Crippen LogP contribution in [0, 0.1) is 17.1 Å². The minimum Gasteiger partial charge on any atom is -0.352 e. The van der Waals surface area contributed by atoms with Crippen molar-refractivity contribution in [2.24, 2.45) is 0 Å². The molecular formula is C13H7BrClFN2. The third kappa shape index (κ3) is 2.81. The van der Waals surface area contributed by atoms with E-state index in [1.807, 2.05) is 6.07 Å². The van der Waals surface area contributed by atoms with Crippen LogP contribution >= 0.6 is 27.5 Å². The van der Waals surface area contributed by atoms with Crippen LogP contribution in [0.1, 0.15) is 5.56 Å². The molecule has 0 saturated heterocycles. The molecule has 90 valence electrons. The van der Waals surface area contributed by atoms with E-state index in [-0.39, 0.29) is 11.3 Å². The molecule has 18 heavy (non-hydrogen) atoms. The maximum absolute atomic E-state index is 13.7. The molecular weight excluding hydrogens is 319 g/mol. The molecule has 0 fully saturated rings. The molecule has 0 spiro atoms. The van der Waals surface area contributed by atoms with Gasteiger partial charge in [-0.3, -0.25) is 0 Å². The zero-order valence-electron chi connectivity index (χ0n) is 9.05. The first kappa shape index (κ1) is 12.9. The molecule has 2 rings (SSSR count). The van der Waals surface area contributed by atoms with Crippen molar-refractivity contribution < 1.29 is 4.39 Å². The second-order valence-electron chi connectivity index (χ2n) is 3.56. The van der Waals surface area contributed by atoms with Crippen LogP contribution in [0.4, 0.5) is 15.8 Å². The summed E-state index contributed by atoms with van der Waals surface area (Å²) in [4.78, 5) is 0. The molecule has 0 bridgehead atoms. The van der Waals surface area contributed by atoms with Crippen LogP contribution in [0.25, 0.3) is 0 Å². The van der Waals surface area contributed by atoms with E-state index in [9.17, 15) is 4.39 Å². The monoisotopic (exact) mass is 324 g/mol. The number of nitrogens with zero attached hydrogens (tertiary/aromatic N) is 1. The Labute approximate surface area is 117 Å². The number of benzene rings is 2. The number of hydrogen-bond donors (Lipinski definition) is 1. The van der Waals surface area contributed by atoms with Gasteiger partial charge < -0.3 is 5.32 Å². The van der Waals surface area contributed by atoms with Crippen molar-refractivity contribution in [3.63, 3.8) is 0 Å². The quantitative estimate of drug-likeness (QED) is 0.856. The Balaban J connectivity index is 2.32. The van der Waals surface area contributed by atoms with Crippen LogP contribution in [-0.2, 0) is 0 Å². The highest BCUT2D eigenvalue weighted by Crippen LogP contribution is 2.29. The fourth-order valence-electron chi connectivity index (χ4n) is 1.42. The van der Waals surface area contributed by atoms with E-state index in [0.29, 0.717) is 10.7 Å². The summed E-state index contributed by atoms with van der Waals surface area (Å²) < 4.78 is 14.5. The summed E-state index contributed by atoms with van der Waals surface area (Å²) in [6.07, 6.45) is 0. The Morgan fingerprint density at radius 1 is 1.17 bits per heavy atom. The molecule has 0 amide bonds. The lowest BCUT2D eigenvalue weighted by atomic mass is 10.2. The van der Waals surface area contributed by atoms with Crippen molar-refractivity contribution in [3.8, 4) is 6.07 Å². The smallest absolute Gasteiger partial charge is 0.147 e. The molecule has 0 aromatic heterocycles. The summed E-state index contributed by atoms with van der Waals surface area (Å²) in [5.74, 6) is -0.493. The second kappa shape index (κ2) is 5.38. The van der Waals surface area contributed by atoms with Gasteiger partial charge >= 0.3 is 0 Å². The number of halogens is 3. The van der Waals surface area contributed by atoms with Gasteiger partial charge in [0.05, 0.1) is 28.0 Å². The molecule has 2 aromatic carbocycles. The van der Waals surface area contributed by atoms with E-state index in [0.717, 1.165) is 4.47 Å². The van der Waals surface area contributed by atoms with Crippen LogP contribution in [0.2, 0.25) is 5.02 Å². The average Bonchev–Trinajstić information content (AvgIpc) is 2.34. The minimum absolute atomic E-state index is 0.276. The van der Waals surface area contributed by atoms with E-state index in [4.69, 9.17) is 16.9 Å². The number of anilines is 2. The van der Waals surface area contributed by atoms with Gasteiger partial charge in [0.25, 0.3) is 0 Å². The molecule has 0 radical (unpaired) electrons. The summed E-state index contributed by atoms with van der Waals surface area (Å²) in [5.41, 5.74) is 1.15. The standard InChI is InChI=1S/C13H7BrClFN2/c14-9-2-4-12(10(15)6-9)18-13-3-1-8(7-17)5-11(13)16/h1-6,18H. The highest BCUT2D eigenvalue weighted by molar-refractivity contribution is 9.10. The molecule has 0 aliphatic rings. The molecule has 1 N–H and O–H groups in total. The van der Waals surface area contributed by atoms with Crippen molar-refractivity contribution in [2.45, 2.75) is 0 Å². The normalized spacial score (nSPS) is 9.89. The molecule has 2 nitrogen and oxygen atoms in total. The van der Waals surface area contributed by atoms with Gasteiger partial charge in [0.1, 0.15) is 5.82 Å². The lowest BCUT2D eigenvalue weighted by Gasteiger charge is -2.09. The Kier molecular flexibility index (Phi) is 3.85. The third-order valence-corrected chi connectivity index (χ3v) is 3.10. The summed E-state index contributed by atoms with van der Waals surface area (Å²) >= 11 is 9.32. The van der Waals surface area contributed by atoms with Gasteiger partial charge in [-0.15, -0.1) is 0 Å². The van der Waals surface area contributed by atoms with Crippen molar-refractivity contribution in [1.82, 2.24) is 0 Å². The maximum atomic E-state index is 13.7. The van der Waals surface area contributed by atoms with Crippen LogP contribution in [0.5, 0.6) is 0 Å². The van der Waals surface area contributed by atoms with Crippen molar-refractivity contribution in [2.75, 3.05) is 5.32 Å². The second-order valence-corrected chi connectivity index (χ2v) is 4.88. The molecule has 0 atom stereocenters. The van der Waals surface area contributed by atoms with E-state index in [1.165, 1.54) is 18.2 Å². The molecule has 0 saturated carbocycles. The molecule has 0 aliphatic heterocycles. The number of hydrogen-bond acceptors (Lipinski definition) is 2. The Morgan fingerprint density at radius 3 is 2.50 bits per heavy atom. The predicted octanol–water partition coefficient (Wildman–Crippen LogP) is 4.86. The maximum Gasteiger partial charge on any atom is 0.147 e. The summed E-state index contributed by atoms with van der Waals surface area (Å²) in [6.45, 7) is 0. The topological polar surface area (TPSA) is 35.8 Å². The van der Waals surface area contributed by atoms with E-state index in [1.54, 1.807) is 18.2 Å². The van der Waals surface area contributed by atoms with E-state index in [2.05, 4.69) is 21.2 Å². The number of rotatable bonds is 2. The third-order valence-electron chi connectivity index (χ3n) is 2.30. The molecule has 2 aromatic rings. The van der Waals surface area contributed by atoms with Crippen LogP contribution in [0.15, 0.2) is 40.9 Å². The first-order valence-electron chi connectivity index (χ1n) is 5.02. The van der Waals surface area contributed by atoms with E-state index >= 15 is 0 Å². The number of nitrogens with one attached hydrogen (secondary N) is 1. The fraction of sp³-hybridized carbons (Fsp3) is 0. The molecule has 0 aliphatic carbocycles. The van der Waals surface area contributed by atoms with Crippen LogP contribution < -0.4 is 5.32 Å². The van der Waals surface area contributed by atoms with Gasteiger partial charge in [-0.25, -0.2) is 4.39 Å². The highest BCUT2D eigenvalue weighted by atomic mass is 79.9. The molecule has 5 heteroatoms. The predicted molar refractivity (Wildman–Crippen MR) is 73.5 cm³/mol. The van der Waals surface area contributed by atoms with Gasteiger partial charge in [0.15, 0.2) is 0 Å². The van der Waals surface area contributed by atoms with Gasteiger partial charge in [-0.2, -0.15) is 5.26 Å². The van der Waals surface area contributed by atoms with Gasteiger partial charge in [-0.1, -0.05) is 27.5 Å². The summed E-state index contributed by atoms with van der Waals surface area (Å²) in [7, 11) is 0. The van der Waals surface area contributed by atoms with Crippen LogP contribution in [0.3, 0.4) is 0 Å². The zero-order valence-corrected chi connectivity index (χ0v) is 11.4. The van der Waals surface area contributed by atoms with Gasteiger partial charge in [0, 0.05) is 4.47 Å². The Bertz CT molecular complexity index is 637. The largest absolute Gasteiger partial charge is 0.352 e. The van der Waals surface area contributed by atoms with Crippen LogP contribution in [-0.4, -0.2) is 0 Å². The minimum atomic E-state index is -0.493. The first-order valence-corrected chi connectivity index (χ1v) is 6.19. The zero-order chi connectivity index (χ0) is 13.1. The van der Waals surface area contributed by atoms with Crippen molar-refractivity contribution in [1.29, 1.82) is 5.26 Å². The van der Waals surface area contributed by atoms with Gasteiger partial charge in [-0.05, 0) is 36.4 Å². The summed E-state index contributed by atoms with van der Waals surface area (Å²) in [6, 6.07) is 11.4. The highest BCUT2D eigenvalue weighted by Gasteiger charge is 2.06. The fourth-order valence-corrected chi connectivity index (χ4v) is 2.14. The van der Waals surface area contributed by atoms with Crippen molar-refractivity contribution in [3.05, 3.63) is 57.3 Å². The molecule has 0 heterocycles. The summed E-state index contributed by atoms with van der Waals surface area (Å²) in [5, 5.41) is 12.0. The Hall–Kier alpha value is -1.57. The van der Waals surface area contributed by atoms with Crippen molar-refractivity contribution >= 4 is 38.9 Å². The average molecular weight is 326 g/mol. The lowest BCUT2D eigenvalue weighted by molar-refractivity contribution is 0.631. The SMILES string of the molecule is N#Cc1ccc(Nc2ccc(Br)cc2Cl)c(F)c1. The molecule has 0 unspecified atom stereocenters.